The molecule has 0 aliphatic carbocycles. The molecule has 7 nitrogen and oxygen atoms in total. The first-order valence-electron chi connectivity index (χ1n) is 8.04. The van der Waals surface area contributed by atoms with Gasteiger partial charge >= 0.3 is 0 Å². The third-order valence-electron chi connectivity index (χ3n) is 4.07. The van der Waals surface area contributed by atoms with Crippen LogP contribution in [0, 0.1) is 0 Å². The SMILES string of the molecule is CCCCN1CCn2c(ccc2-c2noc(C(C)(C)N)n2)C1=O. The van der Waals surface area contributed by atoms with Crippen molar-refractivity contribution in [2.45, 2.75) is 45.7 Å². The van der Waals surface area contributed by atoms with Gasteiger partial charge in [-0.1, -0.05) is 18.5 Å². The van der Waals surface area contributed by atoms with E-state index in [1.807, 2.05) is 35.4 Å². The highest BCUT2D eigenvalue weighted by Gasteiger charge is 2.29. The molecule has 0 fully saturated rings. The number of nitrogens with zero attached hydrogens (tertiary/aromatic N) is 4. The molecule has 23 heavy (non-hydrogen) atoms. The smallest absolute Gasteiger partial charge is 0.270 e. The Labute approximate surface area is 135 Å². The molecule has 0 saturated carbocycles. The second-order valence-electron chi connectivity index (χ2n) is 6.55. The first kappa shape index (κ1) is 15.7. The largest absolute Gasteiger partial charge is 0.337 e. The zero-order valence-corrected chi connectivity index (χ0v) is 13.9. The molecule has 0 saturated heterocycles. The average Bonchev–Trinajstić information content (AvgIpc) is 3.12. The van der Waals surface area contributed by atoms with Gasteiger partial charge in [0, 0.05) is 19.6 Å². The van der Waals surface area contributed by atoms with Gasteiger partial charge in [-0.15, -0.1) is 0 Å². The highest BCUT2D eigenvalue weighted by molar-refractivity contribution is 5.94. The number of carbonyl (C=O) groups is 1. The molecular weight excluding hydrogens is 294 g/mol. The van der Waals surface area contributed by atoms with Gasteiger partial charge in [0.1, 0.15) is 5.69 Å². The number of hydrogen-bond donors (Lipinski definition) is 1. The normalized spacial score (nSPS) is 15.1. The van der Waals surface area contributed by atoms with Gasteiger partial charge in [0.15, 0.2) is 0 Å². The predicted molar refractivity (Wildman–Crippen MR) is 85.7 cm³/mol. The van der Waals surface area contributed by atoms with E-state index in [4.69, 9.17) is 10.3 Å². The average molecular weight is 317 g/mol. The number of fused-ring (bicyclic) bond motifs is 1. The zero-order valence-electron chi connectivity index (χ0n) is 13.9. The van der Waals surface area contributed by atoms with Crippen LogP contribution in [0.5, 0.6) is 0 Å². The lowest BCUT2D eigenvalue weighted by atomic mass is 10.1. The Bertz CT molecular complexity index is 710. The fourth-order valence-corrected chi connectivity index (χ4v) is 2.73. The van der Waals surface area contributed by atoms with Gasteiger partial charge in [0.25, 0.3) is 5.91 Å². The maximum Gasteiger partial charge on any atom is 0.270 e. The van der Waals surface area contributed by atoms with E-state index in [0.717, 1.165) is 31.6 Å². The second-order valence-corrected chi connectivity index (χ2v) is 6.55. The van der Waals surface area contributed by atoms with Crippen LogP contribution in [0.4, 0.5) is 0 Å². The predicted octanol–water partition coefficient (Wildman–Crippen LogP) is 1.99. The molecule has 0 radical (unpaired) electrons. The summed E-state index contributed by atoms with van der Waals surface area (Å²) >= 11 is 0. The maximum absolute atomic E-state index is 12.6. The molecule has 0 spiro atoms. The van der Waals surface area contributed by atoms with E-state index < -0.39 is 5.54 Å². The molecule has 2 aromatic rings. The van der Waals surface area contributed by atoms with Crippen molar-refractivity contribution in [3.63, 3.8) is 0 Å². The molecule has 2 aromatic heterocycles. The van der Waals surface area contributed by atoms with Crippen molar-refractivity contribution in [2.75, 3.05) is 13.1 Å². The van der Waals surface area contributed by atoms with Crippen molar-refractivity contribution in [3.05, 3.63) is 23.7 Å². The molecule has 2 N–H and O–H groups in total. The van der Waals surface area contributed by atoms with E-state index in [9.17, 15) is 4.79 Å². The van der Waals surface area contributed by atoms with Crippen molar-refractivity contribution in [2.24, 2.45) is 5.73 Å². The maximum atomic E-state index is 12.6. The summed E-state index contributed by atoms with van der Waals surface area (Å²) in [4.78, 5) is 18.8. The standard InChI is InChI=1S/C16H23N5O2/c1-4-5-8-20-9-10-21-11(6-7-12(21)14(20)22)13-18-15(23-19-13)16(2,3)17/h6-7H,4-5,8-10,17H2,1-3H3. The Morgan fingerprint density at radius 1 is 1.30 bits per heavy atom. The summed E-state index contributed by atoms with van der Waals surface area (Å²) in [6.45, 7) is 8.01. The molecule has 0 bridgehead atoms. The number of aromatic nitrogens is 3. The van der Waals surface area contributed by atoms with Crippen LogP contribution >= 0.6 is 0 Å². The monoisotopic (exact) mass is 317 g/mol. The number of amides is 1. The molecule has 124 valence electrons. The second kappa shape index (κ2) is 5.81. The minimum Gasteiger partial charge on any atom is -0.337 e. The number of nitrogens with two attached hydrogens (primary N) is 1. The van der Waals surface area contributed by atoms with Crippen molar-refractivity contribution >= 4 is 5.91 Å². The number of carbonyl (C=O) groups excluding carboxylic acids is 1. The summed E-state index contributed by atoms with van der Waals surface area (Å²) < 4.78 is 7.21. The lowest BCUT2D eigenvalue weighted by Gasteiger charge is -2.29. The summed E-state index contributed by atoms with van der Waals surface area (Å²) in [6.07, 6.45) is 2.11. The van der Waals surface area contributed by atoms with E-state index in [0.29, 0.717) is 24.0 Å². The van der Waals surface area contributed by atoms with Crippen LogP contribution < -0.4 is 5.73 Å². The highest BCUT2D eigenvalue weighted by atomic mass is 16.5. The molecular formula is C16H23N5O2. The Balaban J connectivity index is 1.88. The summed E-state index contributed by atoms with van der Waals surface area (Å²) in [5.41, 5.74) is 6.77. The Hall–Kier alpha value is -2.15. The van der Waals surface area contributed by atoms with Gasteiger partial charge in [0.05, 0.1) is 11.2 Å². The lowest BCUT2D eigenvalue weighted by molar-refractivity contribution is 0.0703. The van der Waals surface area contributed by atoms with Crippen molar-refractivity contribution in [1.29, 1.82) is 0 Å². The van der Waals surface area contributed by atoms with Crippen LogP contribution in [-0.2, 0) is 12.1 Å². The number of hydrogen-bond acceptors (Lipinski definition) is 5. The molecule has 0 unspecified atom stereocenters. The summed E-state index contributed by atoms with van der Waals surface area (Å²) in [6, 6.07) is 3.70. The summed E-state index contributed by atoms with van der Waals surface area (Å²) in [7, 11) is 0. The first-order chi connectivity index (χ1) is 10.9. The quantitative estimate of drug-likeness (QED) is 0.910. The molecule has 7 heteroatoms. The van der Waals surface area contributed by atoms with Crippen LogP contribution in [0.15, 0.2) is 16.7 Å². The molecule has 1 amide bonds. The van der Waals surface area contributed by atoms with Crippen LogP contribution in [-0.4, -0.2) is 38.6 Å². The third-order valence-corrected chi connectivity index (χ3v) is 4.07. The Morgan fingerprint density at radius 2 is 2.04 bits per heavy atom. The van der Waals surface area contributed by atoms with Crippen molar-refractivity contribution in [1.82, 2.24) is 19.6 Å². The van der Waals surface area contributed by atoms with E-state index in [-0.39, 0.29) is 5.91 Å². The minimum atomic E-state index is -0.685. The van der Waals surface area contributed by atoms with E-state index >= 15 is 0 Å². The summed E-state index contributed by atoms with van der Waals surface area (Å²) in [5.74, 6) is 0.924. The van der Waals surface area contributed by atoms with Crippen LogP contribution in [0.3, 0.4) is 0 Å². The van der Waals surface area contributed by atoms with Crippen molar-refractivity contribution in [3.8, 4) is 11.5 Å². The van der Waals surface area contributed by atoms with E-state index in [1.165, 1.54) is 0 Å². The van der Waals surface area contributed by atoms with Crippen LogP contribution in [0.25, 0.3) is 11.5 Å². The number of unbranched alkanes of at least 4 members (excludes halogenated alkanes) is 1. The van der Waals surface area contributed by atoms with E-state index in [2.05, 4.69) is 17.1 Å². The van der Waals surface area contributed by atoms with Crippen LogP contribution in [0.1, 0.15) is 50.0 Å². The van der Waals surface area contributed by atoms with Gasteiger partial charge in [-0.25, -0.2) is 0 Å². The zero-order chi connectivity index (χ0) is 16.6. The van der Waals surface area contributed by atoms with Gasteiger partial charge < -0.3 is 19.7 Å². The lowest BCUT2D eigenvalue weighted by Crippen LogP contribution is -2.40. The minimum absolute atomic E-state index is 0.0684. The fraction of sp³-hybridized carbons (Fsp3) is 0.562. The van der Waals surface area contributed by atoms with Crippen molar-refractivity contribution < 1.29 is 9.32 Å². The third kappa shape index (κ3) is 2.88. The van der Waals surface area contributed by atoms with E-state index in [1.54, 1.807) is 0 Å². The molecule has 1 aliphatic heterocycles. The molecule has 1 aliphatic rings. The molecule has 0 atom stereocenters. The highest BCUT2D eigenvalue weighted by Crippen LogP contribution is 2.26. The van der Waals surface area contributed by atoms with Gasteiger partial charge in [-0.05, 0) is 32.4 Å². The van der Waals surface area contributed by atoms with Gasteiger partial charge in [-0.2, -0.15) is 4.98 Å². The van der Waals surface area contributed by atoms with Gasteiger partial charge in [-0.3, -0.25) is 4.79 Å². The summed E-state index contributed by atoms with van der Waals surface area (Å²) in [5, 5.41) is 4.02. The Kier molecular flexibility index (Phi) is 3.97. The molecule has 3 rings (SSSR count). The fourth-order valence-electron chi connectivity index (χ4n) is 2.73. The first-order valence-corrected chi connectivity index (χ1v) is 8.04. The topological polar surface area (TPSA) is 90.2 Å². The van der Waals surface area contributed by atoms with Crippen LogP contribution in [0.2, 0.25) is 0 Å². The molecule has 0 aromatic carbocycles. The van der Waals surface area contributed by atoms with Gasteiger partial charge in [0.2, 0.25) is 11.7 Å². The Morgan fingerprint density at radius 3 is 2.70 bits per heavy atom. The molecule has 3 heterocycles. The number of rotatable bonds is 5.